The van der Waals surface area contributed by atoms with Crippen molar-refractivity contribution in [2.24, 2.45) is 0 Å². The number of sulfonamides is 1. The fourth-order valence-corrected chi connectivity index (χ4v) is 2.73. The van der Waals surface area contributed by atoms with E-state index < -0.39 is 10.0 Å². The maximum absolute atomic E-state index is 12.1. The Balaban J connectivity index is 2.09. The summed E-state index contributed by atoms with van der Waals surface area (Å²) in [6.07, 6.45) is 0.888. The smallest absolute Gasteiger partial charge is 0.240 e. The van der Waals surface area contributed by atoms with Crippen LogP contribution in [0.25, 0.3) is 0 Å². The molecule has 2 rings (SSSR count). The third-order valence-corrected chi connectivity index (χ3v) is 4.29. The molecule has 1 heterocycles. The fraction of sp³-hybridized carbons (Fsp3) is 0.286. The van der Waals surface area contributed by atoms with Gasteiger partial charge >= 0.3 is 0 Å². The number of rotatable bonds is 5. The van der Waals surface area contributed by atoms with Crippen molar-refractivity contribution in [3.05, 3.63) is 53.5 Å². The molecule has 1 aromatic heterocycles. The number of nitrogens with one attached hydrogen (secondary N) is 1. The van der Waals surface area contributed by atoms with Crippen molar-refractivity contribution < 1.29 is 12.8 Å². The Morgan fingerprint density at radius 3 is 2.32 bits per heavy atom. The summed E-state index contributed by atoms with van der Waals surface area (Å²) in [5.41, 5.74) is 1.11. The predicted octanol–water partition coefficient (Wildman–Crippen LogP) is 2.63. The molecule has 1 aromatic carbocycles. The van der Waals surface area contributed by atoms with Crippen molar-refractivity contribution >= 4 is 10.0 Å². The van der Waals surface area contributed by atoms with Crippen molar-refractivity contribution in [3.8, 4) is 0 Å². The van der Waals surface area contributed by atoms with Crippen molar-refractivity contribution in [3.63, 3.8) is 0 Å². The molecule has 0 unspecified atom stereocenters. The third kappa shape index (κ3) is 3.45. The molecule has 4 nitrogen and oxygen atoms in total. The Hall–Kier alpha value is -1.59. The van der Waals surface area contributed by atoms with Gasteiger partial charge in [-0.3, -0.25) is 0 Å². The molecule has 0 aliphatic carbocycles. The van der Waals surface area contributed by atoms with Gasteiger partial charge in [0.2, 0.25) is 10.0 Å². The van der Waals surface area contributed by atoms with Gasteiger partial charge in [0.05, 0.1) is 11.4 Å². The molecule has 5 heteroatoms. The molecule has 0 spiro atoms. The van der Waals surface area contributed by atoms with E-state index in [0.717, 1.165) is 17.7 Å². The van der Waals surface area contributed by atoms with Crippen molar-refractivity contribution in [2.45, 2.75) is 31.7 Å². The van der Waals surface area contributed by atoms with E-state index >= 15 is 0 Å². The zero-order valence-corrected chi connectivity index (χ0v) is 11.8. The minimum atomic E-state index is -3.48. The van der Waals surface area contributed by atoms with Crippen LogP contribution in [-0.2, 0) is 23.0 Å². The minimum absolute atomic E-state index is 0.158. The van der Waals surface area contributed by atoms with E-state index in [-0.39, 0.29) is 11.4 Å². The quantitative estimate of drug-likeness (QED) is 0.915. The molecule has 2 aromatic rings. The molecule has 102 valence electrons. The Morgan fingerprint density at radius 2 is 1.79 bits per heavy atom. The second-order valence-electron chi connectivity index (χ2n) is 4.33. The average molecular weight is 279 g/mol. The monoisotopic (exact) mass is 279 g/mol. The van der Waals surface area contributed by atoms with Gasteiger partial charge in [-0.25, -0.2) is 13.1 Å². The summed E-state index contributed by atoms with van der Waals surface area (Å²) >= 11 is 0. The van der Waals surface area contributed by atoms with E-state index in [0.29, 0.717) is 5.76 Å². The standard InChI is InChI=1S/C14H17NO3S/c1-3-12-5-8-14(9-6-12)19(16,17)15-10-13-7-4-11(2)18-13/h4-9,15H,3,10H2,1-2H3. The number of hydrogen-bond acceptors (Lipinski definition) is 3. The highest BCUT2D eigenvalue weighted by atomic mass is 32.2. The van der Waals surface area contributed by atoms with E-state index in [1.165, 1.54) is 0 Å². The van der Waals surface area contributed by atoms with Gasteiger partial charge in [0.25, 0.3) is 0 Å². The van der Waals surface area contributed by atoms with Crippen LogP contribution in [0.4, 0.5) is 0 Å². The molecule has 0 saturated heterocycles. The highest BCUT2D eigenvalue weighted by Gasteiger charge is 2.14. The number of aryl methyl sites for hydroxylation is 2. The van der Waals surface area contributed by atoms with Crippen LogP contribution < -0.4 is 4.72 Å². The van der Waals surface area contributed by atoms with Crippen LogP contribution in [0.2, 0.25) is 0 Å². The van der Waals surface area contributed by atoms with Crippen molar-refractivity contribution in [1.29, 1.82) is 0 Å². The maximum Gasteiger partial charge on any atom is 0.240 e. The van der Waals surface area contributed by atoms with Crippen LogP contribution in [0.5, 0.6) is 0 Å². The van der Waals surface area contributed by atoms with E-state index in [1.54, 1.807) is 24.3 Å². The zero-order chi connectivity index (χ0) is 13.9. The first kappa shape index (κ1) is 13.8. The number of benzene rings is 1. The van der Waals surface area contributed by atoms with Gasteiger partial charge in [0, 0.05) is 0 Å². The van der Waals surface area contributed by atoms with E-state index in [1.807, 2.05) is 26.0 Å². The SMILES string of the molecule is CCc1ccc(S(=O)(=O)NCc2ccc(C)o2)cc1. The first-order valence-electron chi connectivity index (χ1n) is 6.15. The van der Waals surface area contributed by atoms with Crippen LogP contribution >= 0.6 is 0 Å². The first-order chi connectivity index (χ1) is 9.01. The van der Waals surface area contributed by atoms with Crippen LogP contribution in [0.15, 0.2) is 45.7 Å². The normalized spacial score (nSPS) is 11.7. The largest absolute Gasteiger partial charge is 0.465 e. The van der Waals surface area contributed by atoms with Gasteiger partial charge < -0.3 is 4.42 Å². The lowest BCUT2D eigenvalue weighted by Gasteiger charge is -2.06. The topological polar surface area (TPSA) is 59.3 Å². The average Bonchev–Trinajstić information content (AvgIpc) is 2.82. The maximum atomic E-state index is 12.1. The van der Waals surface area contributed by atoms with Crippen LogP contribution in [0.3, 0.4) is 0 Å². The summed E-state index contributed by atoms with van der Waals surface area (Å²) in [5.74, 6) is 1.37. The van der Waals surface area contributed by atoms with E-state index in [2.05, 4.69) is 4.72 Å². The summed E-state index contributed by atoms with van der Waals surface area (Å²) in [5, 5.41) is 0. The molecule has 0 aliphatic heterocycles. The molecule has 0 radical (unpaired) electrons. The van der Waals surface area contributed by atoms with Gasteiger partial charge in [0.1, 0.15) is 11.5 Å². The summed E-state index contributed by atoms with van der Waals surface area (Å²) in [4.78, 5) is 0.271. The lowest BCUT2D eigenvalue weighted by atomic mass is 10.2. The van der Waals surface area contributed by atoms with Gasteiger partial charge in [-0.2, -0.15) is 0 Å². The summed E-state index contributed by atoms with van der Waals surface area (Å²) < 4.78 is 32.0. The molecule has 0 fully saturated rings. The predicted molar refractivity (Wildman–Crippen MR) is 73.3 cm³/mol. The van der Waals surface area contributed by atoms with Crippen LogP contribution in [-0.4, -0.2) is 8.42 Å². The molecule has 0 saturated carbocycles. The number of furan rings is 1. The third-order valence-electron chi connectivity index (χ3n) is 2.87. The van der Waals surface area contributed by atoms with Gasteiger partial charge in [0.15, 0.2) is 0 Å². The molecule has 19 heavy (non-hydrogen) atoms. The first-order valence-corrected chi connectivity index (χ1v) is 7.63. The van der Waals surface area contributed by atoms with Gasteiger partial charge in [-0.05, 0) is 43.2 Å². The minimum Gasteiger partial charge on any atom is -0.465 e. The van der Waals surface area contributed by atoms with E-state index in [4.69, 9.17) is 4.42 Å². The summed E-state index contributed by atoms with van der Waals surface area (Å²) in [6, 6.07) is 10.5. The Bertz CT molecular complexity index is 642. The van der Waals surface area contributed by atoms with Gasteiger partial charge in [-0.1, -0.05) is 19.1 Å². The lowest BCUT2D eigenvalue weighted by molar-refractivity contribution is 0.475. The van der Waals surface area contributed by atoms with Crippen LogP contribution in [0, 0.1) is 6.92 Å². The molecule has 0 atom stereocenters. The highest BCUT2D eigenvalue weighted by Crippen LogP contribution is 2.12. The van der Waals surface area contributed by atoms with Crippen molar-refractivity contribution in [2.75, 3.05) is 0 Å². The second-order valence-corrected chi connectivity index (χ2v) is 6.10. The molecule has 0 amide bonds. The Kier molecular flexibility index (Phi) is 4.07. The second kappa shape index (κ2) is 5.59. The molecule has 1 N–H and O–H groups in total. The molecular formula is C14H17NO3S. The summed E-state index contributed by atoms with van der Waals surface area (Å²) in [7, 11) is -3.48. The zero-order valence-electron chi connectivity index (χ0n) is 11.0. The fourth-order valence-electron chi connectivity index (χ4n) is 1.73. The number of hydrogen-bond donors (Lipinski definition) is 1. The lowest BCUT2D eigenvalue weighted by Crippen LogP contribution is -2.22. The molecule has 0 bridgehead atoms. The van der Waals surface area contributed by atoms with E-state index in [9.17, 15) is 8.42 Å². The highest BCUT2D eigenvalue weighted by molar-refractivity contribution is 7.89. The summed E-state index contributed by atoms with van der Waals surface area (Å²) in [6.45, 7) is 4.01. The molecule has 0 aliphatic rings. The van der Waals surface area contributed by atoms with Crippen LogP contribution in [0.1, 0.15) is 24.0 Å². The Labute approximate surface area is 113 Å². The molecular weight excluding hydrogens is 262 g/mol. The van der Waals surface area contributed by atoms with Gasteiger partial charge in [-0.15, -0.1) is 0 Å². The van der Waals surface area contributed by atoms with Crippen molar-refractivity contribution in [1.82, 2.24) is 4.72 Å². The Morgan fingerprint density at radius 1 is 1.11 bits per heavy atom.